The van der Waals surface area contributed by atoms with Gasteiger partial charge in [0.2, 0.25) is 0 Å². The monoisotopic (exact) mass is 297 g/mol. The van der Waals surface area contributed by atoms with Gasteiger partial charge in [-0.05, 0) is 30.3 Å². The number of hydrogen-bond acceptors (Lipinski definition) is 5. The number of nitrogens with zero attached hydrogens (tertiary/aromatic N) is 2. The van der Waals surface area contributed by atoms with Crippen molar-refractivity contribution in [3.05, 3.63) is 51.2 Å². The first-order valence-electron chi connectivity index (χ1n) is 6.29. The zero-order chi connectivity index (χ0) is 15.0. The third-order valence-corrected chi connectivity index (χ3v) is 4.32. The fourth-order valence-corrected chi connectivity index (χ4v) is 2.94. The minimum atomic E-state index is -0.276. The Morgan fingerprint density at radius 2 is 1.95 bits per heavy atom. The van der Waals surface area contributed by atoms with Crippen LogP contribution in [0.4, 0.5) is 5.69 Å². The van der Waals surface area contributed by atoms with Gasteiger partial charge in [0.05, 0.1) is 11.1 Å². The Hall–Kier alpha value is -2.65. The summed E-state index contributed by atoms with van der Waals surface area (Å²) in [4.78, 5) is 26.5. The zero-order valence-electron chi connectivity index (χ0n) is 11.2. The summed E-state index contributed by atoms with van der Waals surface area (Å²) in [6, 6.07) is 10.9. The average Bonchev–Trinajstić information content (AvgIpc) is 3.05. The molecular formula is C15H11N3O2S. The highest BCUT2D eigenvalue weighted by Crippen LogP contribution is 2.25. The molecule has 0 radical (unpaired) electrons. The van der Waals surface area contributed by atoms with Crippen LogP contribution in [0.2, 0.25) is 0 Å². The van der Waals surface area contributed by atoms with Gasteiger partial charge in [0, 0.05) is 24.2 Å². The Labute approximate surface area is 125 Å². The van der Waals surface area contributed by atoms with Crippen molar-refractivity contribution in [3.8, 4) is 6.07 Å². The quantitative estimate of drug-likeness (QED) is 0.883. The number of anilines is 1. The molecule has 1 aliphatic rings. The van der Waals surface area contributed by atoms with Crippen molar-refractivity contribution in [3.63, 3.8) is 0 Å². The predicted molar refractivity (Wildman–Crippen MR) is 79.2 cm³/mol. The fraction of sp³-hybridized carbons (Fsp3) is 0.133. The maximum Gasteiger partial charge on any atom is 0.261 e. The number of imide groups is 1. The molecule has 0 aliphatic carbocycles. The molecule has 0 spiro atoms. The zero-order valence-corrected chi connectivity index (χ0v) is 12.0. The highest BCUT2D eigenvalue weighted by atomic mass is 32.1. The van der Waals surface area contributed by atoms with E-state index in [0.717, 1.165) is 15.5 Å². The largest absolute Gasteiger partial charge is 0.380 e. The van der Waals surface area contributed by atoms with Crippen molar-refractivity contribution in [2.75, 3.05) is 12.4 Å². The van der Waals surface area contributed by atoms with Gasteiger partial charge in [0.25, 0.3) is 11.8 Å². The summed E-state index contributed by atoms with van der Waals surface area (Å²) in [7, 11) is 1.48. The molecule has 2 heterocycles. The van der Waals surface area contributed by atoms with Crippen LogP contribution in [0.3, 0.4) is 0 Å². The molecule has 21 heavy (non-hydrogen) atoms. The highest BCUT2D eigenvalue weighted by molar-refractivity contribution is 7.12. The number of carbonyl (C=O) groups excluding carboxylic acids is 2. The molecule has 1 aromatic heterocycles. The summed E-state index contributed by atoms with van der Waals surface area (Å²) in [6.45, 7) is 0.573. The van der Waals surface area contributed by atoms with E-state index in [-0.39, 0.29) is 11.8 Å². The number of thiophene rings is 1. The van der Waals surface area contributed by atoms with Gasteiger partial charge in [-0.2, -0.15) is 5.26 Å². The molecule has 5 nitrogen and oxygen atoms in total. The highest BCUT2D eigenvalue weighted by Gasteiger charge is 2.32. The van der Waals surface area contributed by atoms with E-state index in [1.54, 1.807) is 24.3 Å². The lowest BCUT2D eigenvalue weighted by Crippen LogP contribution is -2.24. The van der Waals surface area contributed by atoms with Crippen LogP contribution in [0.25, 0.3) is 0 Å². The first-order valence-corrected chi connectivity index (χ1v) is 7.11. The third kappa shape index (κ3) is 2.28. The van der Waals surface area contributed by atoms with Gasteiger partial charge in [0.15, 0.2) is 0 Å². The molecule has 0 saturated heterocycles. The lowest BCUT2D eigenvalue weighted by Gasteiger charge is -2.05. The molecule has 1 aliphatic heterocycles. The minimum absolute atomic E-state index is 0.265. The van der Waals surface area contributed by atoms with Gasteiger partial charge in [-0.25, -0.2) is 0 Å². The first-order chi connectivity index (χ1) is 10.1. The van der Waals surface area contributed by atoms with Crippen LogP contribution in [0.5, 0.6) is 0 Å². The van der Waals surface area contributed by atoms with Gasteiger partial charge in [-0.1, -0.05) is 0 Å². The average molecular weight is 297 g/mol. The maximum absolute atomic E-state index is 11.9. The molecule has 3 rings (SSSR count). The number of carbonyl (C=O) groups is 2. The van der Waals surface area contributed by atoms with Crippen LogP contribution < -0.4 is 5.32 Å². The molecule has 104 valence electrons. The van der Waals surface area contributed by atoms with E-state index in [2.05, 4.69) is 11.4 Å². The number of benzene rings is 1. The normalized spacial score (nSPS) is 13.2. The summed E-state index contributed by atoms with van der Waals surface area (Å²) in [5.74, 6) is -0.542. The topological polar surface area (TPSA) is 73.2 Å². The van der Waals surface area contributed by atoms with E-state index in [4.69, 9.17) is 5.26 Å². The number of nitrogens with one attached hydrogen (secondary N) is 1. The lowest BCUT2D eigenvalue weighted by molar-refractivity contribution is 0.0693. The second kappa shape index (κ2) is 5.04. The van der Waals surface area contributed by atoms with E-state index < -0.39 is 0 Å². The molecule has 1 aromatic carbocycles. The van der Waals surface area contributed by atoms with Crippen LogP contribution >= 0.6 is 11.3 Å². The van der Waals surface area contributed by atoms with Gasteiger partial charge >= 0.3 is 0 Å². The Bertz CT molecular complexity index is 788. The number of nitriles is 1. The molecule has 2 amide bonds. The molecule has 6 heteroatoms. The molecular weight excluding hydrogens is 286 g/mol. The van der Waals surface area contributed by atoms with Crippen LogP contribution in [0, 0.1) is 11.3 Å². The van der Waals surface area contributed by atoms with Crippen molar-refractivity contribution in [2.45, 2.75) is 6.54 Å². The van der Waals surface area contributed by atoms with E-state index in [1.807, 2.05) is 6.07 Å². The second-order valence-corrected chi connectivity index (χ2v) is 5.83. The molecule has 0 atom stereocenters. The Balaban J connectivity index is 1.78. The van der Waals surface area contributed by atoms with Crippen molar-refractivity contribution in [1.82, 2.24) is 4.90 Å². The Morgan fingerprint density at radius 1 is 1.19 bits per heavy atom. The summed E-state index contributed by atoms with van der Waals surface area (Å²) >= 11 is 1.43. The van der Waals surface area contributed by atoms with Gasteiger partial charge in [-0.15, -0.1) is 11.3 Å². The predicted octanol–water partition coefficient (Wildman–Crippen LogP) is 2.46. The third-order valence-electron chi connectivity index (χ3n) is 3.33. The molecule has 2 aromatic rings. The van der Waals surface area contributed by atoms with Crippen molar-refractivity contribution in [2.24, 2.45) is 0 Å². The standard InChI is InChI=1S/C15H11N3O2S/c1-18-14(19)12-5-2-9(6-13(12)15(18)20)17-8-11-4-3-10(7-16)21-11/h2-6,17H,8H2,1H3. The summed E-state index contributed by atoms with van der Waals surface area (Å²) < 4.78 is 0. The van der Waals surface area contributed by atoms with E-state index in [9.17, 15) is 9.59 Å². The van der Waals surface area contributed by atoms with E-state index in [1.165, 1.54) is 18.4 Å². The van der Waals surface area contributed by atoms with Gasteiger partial charge < -0.3 is 5.32 Å². The van der Waals surface area contributed by atoms with Crippen LogP contribution in [0.15, 0.2) is 30.3 Å². The molecule has 0 saturated carbocycles. The number of hydrogen-bond donors (Lipinski definition) is 1. The lowest BCUT2D eigenvalue weighted by atomic mass is 10.1. The van der Waals surface area contributed by atoms with Crippen LogP contribution in [-0.4, -0.2) is 23.8 Å². The van der Waals surface area contributed by atoms with Crippen molar-refractivity contribution >= 4 is 28.8 Å². The van der Waals surface area contributed by atoms with E-state index in [0.29, 0.717) is 22.5 Å². The van der Waals surface area contributed by atoms with Gasteiger partial charge in [0.1, 0.15) is 10.9 Å². The fourth-order valence-electron chi connectivity index (χ4n) is 2.19. The Morgan fingerprint density at radius 3 is 2.67 bits per heavy atom. The van der Waals surface area contributed by atoms with E-state index >= 15 is 0 Å². The second-order valence-electron chi connectivity index (χ2n) is 4.66. The smallest absolute Gasteiger partial charge is 0.261 e. The van der Waals surface area contributed by atoms with Crippen LogP contribution in [-0.2, 0) is 6.54 Å². The summed E-state index contributed by atoms with van der Waals surface area (Å²) in [6.07, 6.45) is 0. The minimum Gasteiger partial charge on any atom is -0.380 e. The SMILES string of the molecule is CN1C(=O)c2ccc(NCc3ccc(C#N)s3)cc2C1=O. The van der Waals surface area contributed by atoms with Crippen LogP contribution in [0.1, 0.15) is 30.5 Å². The molecule has 0 fully saturated rings. The molecule has 1 N–H and O–H groups in total. The van der Waals surface area contributed by atoms with Crippen molar-refractivity contribution < 1.29 is 9.59 Å². The molecule has 0 unspecified atom stereocenters. The molecule has 0 bridgehead atoms. The number of fused-ring (bicyclic) bond motifs is 1. The number of rotatable bonds is 3. The number of amides is 2. The van der Waals surface area contributed by atoms with Gasteiger partial charge in [-0.3, -0.25) is 14.5 Å². The summed E-state index contributed by atoms with van der Waals surface area (Å²) in [5, 5.41) is 12.0. The Kier molecular flexibility index (Phi) is 3.20. The first kappa shape index (κ1) is 13.3. The summed E-state index contributed by atoms with van der Waals surface area (Å²) in [5.41, 5.74) is 1.64. The maximum atomic E-state index is 11.9. The van der Waals surface area contributed by atoms with Crippen molar-refractivity contribution in [1.29, 1.82) is 5.26 Å².